The molecule has 7 nitrogen and oxygen atoms in total. The van der Waals surface area contributed by atoms with Crippen molar-refractivity contribution in [3.05, 3.63) is 46.4 Å². The van der Waals surface area contributed by atoms with Crippen molar-refractivity contribution in [2.24, 2.45) is 0 Å². The number of nitriles is 1. The van der Waals surface area contributed by atoms with E-state index in [9.17, 15) is 4.79 Å². The third-order valence-corrected chi connectivity index (χ3v) is 4.28. The fourth-order valence-corrected chi connectivity index (χ4v) is 3.06. The molecule has 2 heterocycles. The molecule has 0 saturated carbocycles. The summed E-state index contributed by atoms with van der Waals surface area (Å²) < 4.78 is 7.06. The molecular formula is C18H15N5O2. The highest BCUT2D eigenvalue weighted by molar-refractivity contribution is 5.93. The molecule has 2 aromatic heterocycles. The van der Waals surface area contributed by atoms with Crippen molar-refractivity contribution in [1.82, 2.24) is 19.5 Å². The molecule has 0 bridgehead atoms. The number of ether oxygens (including phenoxy) is 1. The number of H-pyrrole nitrogens is 2. The van der Waals surface area contributed by atoms with E-state index < -0.39 is 0 Å². The predicted molar refractivity (Wildman–Crippen MR) is 94.6 cm³/mol. The molecular weight excluding hydrogens is 318 g/mol. The van der Waals surface area contributed by atoms with Crippen molar-refractivity contribution in [3.8, 4) is 23.2 Å². The zero-order valence-electron chi connectivity index (χ0n) is 13.8. The van der Waals surface area contributed by atoms with Crippen LogP contribution in [-0.4, -0.2) is 26.6 Å². The Bertz CT molecular complexity index is 1210. The van der Waals surface area contributed by atoms with Gasteiger partial charge in [0.25, 0.3) is 0 Å². The molecule has 4 rings (SSSR count). The van der Waals surface area contributed by atoms with E-state index in [1.165, 1.54) is 0 Å². The molecule has 124 valence electrons. The Balaban J connectivity index is 1.93. The fraction of sp³-hybridized carbons (Fsp3) is 0.167. The summed E-state index contributed by atoms with van der Waals surface area (Å²) in [6.45, 7) is 2.52. The van der Waals surface area contributed by atoms with Crippen LogP contribution in [-0.2, 0) is 6.54 Å². The first-order chi connectivity index (χ1) is 12.1. The van der Waals surface area contributed by atoms with Crippen molar-refractivity contribution in [3.63, 3.8) is 0 Å². The maximum atomic E-state index is 11.9. The van der Waals surface area contributed by atoms with E-state index in [1.54, 1.807) is 23.8 Å². The van der Waals surface area contributed by atoms with Crippen LogP contribution in [0.5, 0.6) is 5.75 Å². The minimum absolute atomic E-state index is 0.126. The number of aromatic amines is 2. The van der Waals surface area contributed by atoms with Gasteiger partial charge >= 0.3 is 5.69 Å². The van der Waals surface area contributed by atoms with E-state index >= 15 is 0 Å². The number of rotatable bonds is 3. The SMILES string of the molecule is CCn1c(=O)[nH]c2cc3[nH]c(-c4ccc(C#N)cc4OC)nc3cc21. The highest BCUT2D eigenvalue weighted by atomic mass is 16.5. The first-order valence-corrected chi connectivity index (χ1v) is 7.85. The lowest BCUT2D eigenvalue weighted by Crippen LogP contribution is -2.14. The predicted octanol–water partition coefficient (Wildman–Crippen LogP) is 2.77. The molecule has 25 heavy (non-hydrogen) atoms. The number of hydrogen-bond acceptors (Lipinski definition) is 4. The van der Waals surface area contributed by atoms with Gasteiger partial charge in [-0.05, 0) is 37.3 Å². The van der Waals surface area contributed by atoms with Crippen LogP contribution in [0.3, 0.4) is 0 Å². The number of hydrogen-bond donors (Lipinski definition) is 2. The lowest BCUT2D eigenvalue weighted by atomic mass is 10.1. The van der Waals surface area contributed by atoms with E-state index in [0.29, 0.717) is 23.7 Å². The molecule has 0 amide bonds. The van der Waals surface area contributed by atoms with Crippen LogP contribution < -0.4 is 10.4 Å². The zero-order chi connectivity index (χ0) is 17.6. The van der Waals surface area contributed by atoms with Crippen LogP contribution in [0.2, 0.25) is 0 Å². The molecule has 0 radical (unpaired) electrons. The average Bonchev–Trinajstić information content (AvgIpc) is 3.17. The van der Waals surface area contributed by atoms with Crippen LogP contribution in [0, 0.1) is 11.3 Å². The van der Waals surface area contributed by atoms with Gasteiger partial charge in [0, 0.05) is 6.54 Å². The number of nitrogens with zero attached hydrogens (tertiary/aromatic N) is 3. The maximum Gasteiger partial charge on any atom is 0.326 e. The number of aromatic nitrogens is 4. The minimum Gasteiger partial charge on any atom is -0.496 e. The van der Waals surface area contributed by atoms with Crippen molar-refractivity contribution < 1.29 is 4.74 Å². The molecule has 4 aromatic rings. The molecule has 0 aliphatic carbocycles. The van der Waals surface area contributed by atoms with E-state index in [1.807, 2.05) is 25.1 Å². The van der Waals surface area contributed by atoms with Gasteiger partial charge in [0.15, 0.2) is 0 Å². The summed E-state index contributed by atoms with van der Waals surface area (Å²) in [6.07, 6.45) is 0. The van der Waals surface area contributed by atoms with Crippen molar-refractivity contribution in [2.45, 2.75) is 13.5 Å². The molecule has 0 aliphatic rings. The van der Waals surface area contributed by atoms with Crippen molar-refractivity contribution >= 4 is 22.1 Å². The van der Waals surface area contributed by atoms with Crippen LogP contribution in [0.1, 0.15) is 12.5 Å². The van der Waals surface area contributed by atoms with Crippen LogP contribution in [0.4, 0.5) is 0 Å². The van der Waals surface area contributed by atoms with E-state index in [-0.39, 0.29) is 5.69 Å². The minimum atomic E-state index is -0.126. The maximum absolute atomic E-state index is 11.9. The number of methoxy groups -OCH3 is 1. The summed E-state index contributed by atoms with van der Waals surface area (Å²) >= 11 is 0. The van der Waals surface area contributed by atoms with Gasteiger partial charge in [0.2, 0.25) is 0 Å². The molecule has 0 saturated heterocycles. The van der Waals surface area contributed by atoms with E-state index in [2.05, 4.69) is 21.0 Å². The van der Waals surface area contributed by atoms with Gasteiger partial charge < -0.3 is 14.7 Å². The number of aryl methyl sites for hydroxylation is 1. The Hall–Kier alpha value is -3.53. The Morgan fingerprint density at radius 1 is 1.24 bits per heavy atom. The van der Waals surface area contributed by atoms with E-state index in [0.717, 1.165) is 27.6 Å². The van der Waals surface area contributed by atoms with E-state index in [4.69, 9.17) is 10.00 Å². The number of nitrogens with one attached hydrogen (secondary N) is 2. The third kappa shape index (κ3) is 2.27. The Morgan fingerprint density at radius 3 is 2.80 bits per heavy atom. The summed E-state index contributed by atoms with van der Waals surface area (Å²) in [6, 6.07) is 11.1. The Kier molecular flexibility index (Phi) is 3.32. The zero-order valence-corrected chi connectivity index (χ0v) is 13.8. The first kappa shape index (κ1) is 15.0. The molecule has 0 atom stereocenters. The Labute approximate surface area is 142 Å². The first-order valence-electron chi connectivity index (χ1n) is 7.85. The summed E-state index contributed by atoms with van der Waals surface area (Å²) in [5.41, 5.74) is 4.34. The quantitative estimate of drug-likeness (QED) is 0.602. The second kappa shape index (κ2) is 5.53. The smallest absolute Gasteiger partial charge is 0.326 e. The van der Waals surface area contributed by atoms with Crippen LogP contribution in [0.25, 0.3) is 33.5 Å². The molecule has 0 spiro atoms. The summed E-state index contributed by atoms with van der Waals surface area (Å²) in [5.74, 6) is 1.23. The lowest BCUT2D eigenvalue weighted by molar-refractivity contribution is 0.416. The standard InChI is InChI=1S/C18H15N5O2/c1-3-23-15-8-13-12(7-14(15)22-18(23)24)20-17(21-13)11-5-4-10(9-19)6-16(11)25-2/h4-8H,3H2,1-2H3,(H,20,21)(H,22,24). The van der Waals surface area contributed by atoms with Gasteiger partial charge in [-0.25, -0.2) is 9.78 Å². The normalized spacial score (nSPS) is 11.1. The number of imidazole rings is 2. The monoisotopic (exact) mass is 333 g/mol. The fourth-order valence-electron chi connectivity index (χ4n) is 3.06. The van der Waals surface area contributed by atoms with Gasteiger partial charge in [-0.2, -0.15) is 5.26 Å². The summed E-state index contributed by atoms with van der Waals surface area (Å²) in [7, 11) is 1.56. The molecule has 7 heteroatoms. The second-order valence-electron chi connectivity index (χ2n) is 5.67. The second-order valence-corrected chi connectivity index (χ2v) is 5.67. The van der Waals surface area contributed by atoms with Gasteiger partial charge in [-0.1, -0.05) is 0 Å². The van der Waals surface area contributed by atoms with Crippen LogP contribution >= 0.6 is 0 Å². The third-order valence-electron chi connectivity index (χ3n) is 4.28. The van der Waals surface area contributed by atoms with Gasteiger partial charge in [0.05, 0.1) is 46.4 Å². The Morgan fingerprint density at radius 2 is 2.08 bits per heavy atom. The highest BCUT2D eigenvalue weighted by Crippen LogP contribution is 2.31. The number of benzene rings is 2. The highest BCUT2D eigenvalue weighted by Gasteiger charge is 2.14. The molecule has 0 unspecified atom stereocenters. The lowest BCUT2D eigenvalue weighted by Gasteiger charge is -2.05. The average molecular weight is 333 g/mol. The topological polar surface area (TPSA) is 99.5 Å². The molecule has 2 aromatic carbocycles. The van der Waals surface area contributed by atoms with Crippen molar-refractivity contribution in [2.75, 3.05) is 7.11 Å². The summed E-state index contributed by atoms with van der Waals surface area (Å²) in [5, 5.41) is 9.03. The van der Waals surface area contributed by atoms with Crippen LogP contribution in [0.15, 0.2) is 35.1 Å². The van der Waals surface area contributed by atoms with Gasteiger partial charge in [0.1, 0.15) is 11.6 Å². The molecule has 0 fully saturated rings. The number of fused-ring (bicyclic) bond motifs is 2. The molecule has 0 aliphatic heterocycles. The molecule has 2 N–H and O–H groups in total. The van der Waals surface area contributed by atoms with Gasteiger partial charge in [-0.3, -0.25) is 4.57 Å². The summed E-state index contributed by atoms with van der Waals surface area (Å²) in [4.78, 5) is 22.7. The van der Waals surface area contributed by atoms with Crippen molar-refractivity contribution in [1.29, 1.82) is 5.26 Å². The largest absolute Gasteiger partial charge is 0.496 e. The van der Waals surface area contributed by atoms with Gasteiger partial charge in [-0.15, -0.1) is 0 Å².